The number of benzene rings is 1. The molecule has 1 aromatic carbocycles. The third-order valence-electron chi connectivity index (χ3n) is 5.00. The van der Waals surface area contributed by atoms with Crippen molar-refractivity contribution < 1.29 is 44.0 Å². The van der Waals surface area contributed by atoms with Gasteiger partial charge < -0.3 is 17.8 Å². The van der Waals surface area contributed by atoms with Gasteiger partial charge in [-0.25, -0.2) is 13.0 Å². The van der Waals surface area contributed by atoms with Gasteiger partial charge in [0.1, 0.15) is 18.8 Å². The number of hydrogen-bond donors (Lipinski definition) is 0. The van der Waals surface area contributed by atoms with E-state index in [0.29, 0.717) is 0 Å². The van der Waals surface area contributed by atoms with Crippen LogP contribution in [0.3, 0.4) is 0 Å². The van der Waals surface area contributed by atoms with Crippen LogP contribution < -0.4 is 0 Å². The summed E-state index contributed by atoms with van der Waals surface area (Å²) in [6.07, 6.45) is 3.25. The molecular formula is C19H31F3N2O6SSi. The molecule has 0 saturated carbocycles. The van der Waals surface area contributed by atoms with Crippen LogP contribution in [0.1, 0.15) is 23.1 Å². The summed E-state index contributed by atoms with van der Waals surface area (Å²) in [7, 11) is -3.52. The van der Waals surface area contributed by atoms with Gasteiger partial charge in [0.05, 0.1) is 6.54 Å². The van der Waals surface area contributed by atoms with E-state index in [1.54, 1.807) is 21.3 Å². The second-order valence-corrected chi connectivity index (χ2v) is 11.9. The summed E-state index contributed by atoms with van der Waals surface area (Å²) in [4.78, 5) is 2.37. The molecular weight excluding hydrogens is 469 g/mol. The van der Waals surface area contributed by atoms with Crippen molar-refractivity contribution in [3.05, 3.63) is 28.8 Å². The normalized spacial score (nSPS) is 14.8. The molecule has 1 aliphatic heterocycles. The molecule has 1 aliphatic rings. The van der Waals surface area contributed by atoms with Crippen molar-refractivity contribution in [1.29, 1.82) is 0 Å². The number of nitrogens with zero attached hydrogens (tertiary/aromatic N) is 2. The minimum Gasteiger partial charge on any atom is -0.741 e. The fraction of sp³-hybridized carbons (Fsp3) is 0.632. The SMILES string of the molecule is CO[Si](CCCN1C=[N+](c2c(C)cc(C)cc2C)CC1)(OC)OC.O=S(=O)([O-])C(F)(F)F. The summed E-state index contributed by atoms with van der Waals surface area (Å²) in [6, 6.07) is 5.35. The second kappa shape index (κ2) is 11.6. The molecule has 0 fully saturated rings. The van der Waals surface area contributed by atoms with E-state index in [4.69, 9.17) is 26.2 Å². The van der Waals surface area contributed by atoms with Crippen LogP contribution in [-0.2, 0) is 23.4 Å². The Morgan fingerprint density at radius 2 is 1.56 bits per heavy atom. The molecule has 1 aromatic rings. The molecule has 0 radical (unpaired) electrons. The Morgan fingerprint density at radius 1 is 1.09 bits per heavy atom. The van der Waals surface area contributed by atoms with E-state index >= 15 is 0 Å². The first kappa shape index (κ1) is 28.5. The average molecular weight is 501 g/mol. The fourth-order valence-electron chi connectivity index (χ4n) is 3.57. The minimum atomic E-state index is -6.09. The van der Waals surface area contributed by atoms with Crippen LogP contribution in [0.5, 0.6) is 0 Å². The molecule has 0 bridgehead atoms. The zero-order chi connectivity index (χ0) is 24.7. The van der Waals surface area contributed by atoms with E-state index in [1.165, 1.54) is 22.4 Å². The van der Waals surface area contributed by atoms with Crippen molar-refractivity contribution in [3.8, 4) is 0 Å². The van der Waals surface area contributed by atoms with Crippen LogP contribution >= 0.6 is 0 Å². The van der Waals surface area contributed by atoms with Crippen molar-refractivity contribution in [2.45, 2.75) is 38.7 Å². The summed E-state index contributed by atoms with van der Waals surface area (Å²) in [6.45, 7) is 9.62. The Morgan fingerprint density at radius 3 is 1.97 bits per heavy atom. The first-order chi connectivity index (χ1) is 14.7. The maximum atomic E-state index is 10.7. The predicted molar refractivity (Wildman–Crippen MR) is 115 cm³/mol. The van der Waals surface area contributed by atoms with Gasteiger partial charge in [-0.2, -0.15) is 13.2 Å². The minimum absolute atomic E-state index is 0.837. The molecule has 184 valence electrons. The Balaban J connectivity index is 0.000000547. The second-order valence-electron chi connectivity index (χ2n) is 7.39. The number of halogens is 3. The van der Waals surface area contributed by atoms with Crippen molar-refractivity contribution in [2.75, 3.05) is 41.0 Å². The van der Waals surface area contributed by atoms with E-state index < -0.39 is 24.4 Å². The predicted octanol–water partition coefficient (Wildman–Crippen LogP) is 2.92. The van der Waals surface area contributed by atoms with E-state index in [0.717, 1.165) is 32.1 Å². The monoisotopic (exact) mass is 500 g/mol. The lowest BCUT2D eigenvalue weighted by Crippen LogP contribution is -2.43. The Kier molecular flexibility index (Phi) is 10.3. The molecule has 0 saturated heterocycles. The molecule has 8 nitrogen and oxygen atoms in total. The van der Waals surface area contributed by atoms with Crippen molar-refractivity contribution >= 4 is 30.9 Å². The highest BCUT2D eigenvalue weighted by molar-refractivity contribution is 7.86. The van der Waals surface area contributed by atoms with Gasteiger partial charge in [-0.3, -0.25) is 4.90 Å². The molecule has 2 rings (SSSR count). The van der Waals surface area contributed by atoms with Gasteiger partial charge in [0.25, 0.3) is 0 Å². The van der Waals surface area contributed by atoms with Crippen LogP contribution in [-0.4, -0.2) is 84.1 Å². The molecule has 0 unspecified atom stereocenters. The van der Waals surface area contributed by atoms with Gasteiger partial charge in [-0.1, -0.05) is 17.7 Å². The lowest BCUT2D eigenvalue weighted by Gasteiger charge is -2.24. The zero-order valence-electron chi connectivity index (χ0n) is 19.2. The molecule has 0 aromatic heterocycles. The highest BCUT2D eigenvalue weighted by Crippen LogP contribution is 2.26. The van der Waals surface area contributed by atoms with Crippen LogP contribution in [0.2, 0.25) is 6.04 Å². The lowest BCUT2D eigenvalue weighted by molar-refractivity contribution is -0.425. The van der Waals surface area contributed by atoms with Crippen LogP contribution in [0.15, 0.2) is 12.1 Å². The van der Waals surface area contributed by atoms with Gasteiger partial charge in [-0.05, 0) is 38.3 Å². The van der Waals surface area contributed by atoms with E-state index in [1.807, 2.05) is 0 Å². The smallest absolute Gasteiger partial charge is 0.500 e. The van der Waals surface area contributed by atoms with Gasteiger partial charge >= 0.3 is 14.3 Å². The van der Waals surface area contributed by atoms with Crippen LogP contribution in [0, 0.1) is 20.8 Å². The summed E-state index contributed by atoms with van der Waals surface area (Å²) in [5.74, 6) is 0. The Bertz CT molecular complexity index is 874. The van der Waals surface area contributed by atoms with E-state index in [-0.39, 0.29) is 0 Å². The number of aryl methyl sites for hydroxylation is 3. The van der Waals surface area contributed by atoms with Crippen molar-refractivity contribution in [1.82, 2.24) is 4.90 Å². The average Bonchev–Trinajstić information content (AvgIpc) is 3.12. The maximum Gasteiger partial charge on any atom is 0.500 e. The third kappa shape index (κ3) is 7.81. The summed E-state index contributed by atoms with van der Waals surface area (Å²) >= 11 is 0. The molecule has 32 heavy (non-hydrogen) atoms. The van der Waals surface area contributed by atoms with E-state index in [9.17, 15) is 13.2 Å². The van der Waals surface area contributed by atoms with Crippen LogP contribution in [0.25, 0.3) is 0 Å². The van der Waals surface area contributed by atoms with Gasteiger partial charge in [0, 0.05) is 27.4 Å². The molecule has 0 aliphatic carbocycles. The standard InChI is InChI=1S/C18H31N2O3Si.CHF3O3S/c1-15-12-16(2)18(17(3)13-15)20-10-9-19(14-20)8-7-11-24(21-4,22-5)23-6;2-1(3,4)8(5,6)7/h12-14H,7-11H2,1-6H3;(H,5,6,7)/q+1;/p-1. The van der Waals surface area contributed by atoms with Gasteiger partial charge in [-0.15, -0.1) is 0 Å². The molecule has 0 spiro atoms. The molecule has 0 amide bonds. The fourth-order valence-corrected chi connectivity index (χ4v) is 5.27. The number of alkyl halides is 3. The molecule has 0 N–H and O–H groups in total. The number of hydrogen-bond acceptors (Lipinski definition) is 7. The van der Waals surface area contributed by atoms with E-state index in [2.05, 4.69) is 48.7 Å². The number of rotatable bonds is 8. The van der Waals surface area contributed by atoms with Crippen molar-refractivity contribution in [2.24, 2.45) is 0 Å². The largest absolute Gasteiger partial charge is 0.741 e. The van der Waals surface area contributed by atoms with Gasteiger partial charge in [0.2, 0.25) is 6.34 Å². The molecule has 0 atom stereocenters. The summed E-state index contributed by atoms with van der Waals surface area (Å²) < 4.78 is 77.7. The topological polar surface area (TPSA) is 91.1 Å². The summed E-state index contributed by atoms with van der Waals surface area (Å²) in [5, 5.41) is 0. The molecule has 1 heterocycles. The first-order valence-corrected chi connectivity index (χ1v) is 13.1. The Labute approximate surface area is 188 Å². The van der Waals surface area contributed by atoms with Gasteiger partial charge in [0.15, 0.2) is 10.1 Å². The lowest BCUT2D eigenvalue weighted by atomic mass is 10.0. The molecule has 13 heteroatoms. The maximum absolute atomic E-state index is 10.7. The first-order valence-electron chi connectivity index (χ1n) is 9.81. The van der Waals surface area contributed by atoms with Crippen LogP contribution in [0.4, 0.5) is 18.9 Å². The summed E-state index contributed by atoms with van der Waals surface area (Å²) in [5.41, 5.74) is -0.292. The quantitative estimate of drug-likeness (QED) is 0.235. The van der Waals surface area contributed by atoms with Crippen molar-refractivity contribution in [3.63, 3.8) is 0 Å². The highest BCUT2D eigenvalue weighted by Gasteiger charge is 2.38. The Hall–Kier alpha value is -1.51. The highest BCUT2D eigenvalue weighted by atomic mass is 32.2. The third-order valence-corrected chi connectivity index (χ3v) is 8.40. The zero-order valence-corrected chi connectivity index (χ0v) is 21.0.